The third kappa shape index (κ3) is 3.17. The number of sulfonamides is 1. The first-order valence-electron chi connectivity index (χ1n) is 7.03. The third-order valence-corrected chi connectivity index (χ3v) is 5.05. The molecule has 0 aromatic heterocycles. The first-order chi connectivity index (χ1) is 11.7. The van der Waals surface area contributed by atoms with Crippen LogP contribution in [0, 0.1) is 24.4 Å². The highest BCUT2D eigenvalue weighted by Gasteiger charge is 2.26. The fourth-order valence-corrected chi connectivity index (χ4v) is 3.65. The van der Waals surface area contributed by atoms with Gasteiger partial charge in [-0.25, -0.2) is 21.6 Å². The number of carbonyl (C=O) groups excluding carboxylic acids is 1. The highest BCUT2D eigenvalue weighted by atomic mass is 32.2. The number of nitrogens with one attached hydrogen (secondary N) is 3. The van der Waals surface area contributed by atoms with Gasteiger partial charge in [-0.1, -0.05) is 0 Å². The molecule has 25 heavy (non-hydrogen) atoms. The van der Waals surface area contributed by atoms with Crippen molar-refractivity contribution in [2.75, 3.05) is 17.3 Å². The third-order valence-electron chi connectivity index (χ3n) is 3.62. The Bertz CT molecular complexity index is 970. The van der Waals surface area contributed by atoms with E-state index in [0.29, 0.717) is 23.4 Å². The molecule has 3 N–H and O–H groups in total. The second kappa shape index (κ2) is 6.05. The quantitative estimate of drug-likeness (QED) is 0.707. The van der Waals surface area contributed by atoms with E-state index in [-0.39, 0.29) is 22.8 Å². The Morgan fingerprint density at radius 2 is 1.76 bits per heavy atom. The van der Waals surface area contributed by atoms with Gasteiger partial charge in [0.15, 0.2) is 17.5 Å². The predicted molar refractivity (Wildman–Crippen MR) is 84.3 cm³/mol. The lowest BCUT2D eigenvalue weighted by atomic mass is 10.1. The van der Waals surface area contributed by atoms with Crippen molar-refractivity contribution >= 4 is 27.3 Å². The topological polar surface area (TPSA) is 87.3 Å². The molecule has 6 nitrogen and oxygen atoms in total. The molecule has 3 rings (SSSR count). The van der Waals surface area contributed by atoms with Crippen molar-refractivity contribution in [2.24, 2.45) is 0 Å². The van der Waals surface area contributed by atoms with E-state index >= 15 is 0 Å². The van der Waals surface area contributed by atoms with Gasteiger partial charge in [-0.15, -0.1) is 0 Å². The zero-order valence-electron chi connectivity index (χ0n) is 12.8. The van der Waals surface area contributed by atoms with Crippen molar-refractivity contribution in [3.8, 4) is 0 Å². The number of aryl methyl sites for hydroxylation is 1. The van der Waals surface area contributed by atoms with Crippen LogP contribution in [0.5, 0.6) is 0 Å². The normalized spacial score (nSPS) is 15.2. The van der Waals surface area contributed by atoms with Crippen molar-refractivity contribution in [3.63, 3.8) is 0 Å². The van der Waals surface area contributed by atoms with Gasteiger partial charge in [-0.3, -0.25) is 4.79 Å². The average Bonchev–Trinajstić information content (AvgIpc) is 2.53. The molecule has 1 amide bonds. The Morgan fingerprint density at radius 1 is 1.12 bits per heavy atom. The summed E-state index contributed by atoms with van der Waals surface area (Å²) in [6.45, 7) is 1.64. The van der Waals surface area contributed by atoms with Crippen LogP contribution in [0.1, 0.15) is 15.9 Å². The highest BCUT2D eigenvalue weighted by Crippen LogP contribution is 2.29. The summed E-state index contributed by atoms with van der Waals surface area (Å²) in [6.07, 6.45) is 0. The summed E-state index contributed by atoms with van der Waals surface area (Å²) >= 11 is 0. The van der Waals surface area contributed by atoms with Crippen molar-refractivity contribution in [1.82, 2.24) is 4.72 Å². The van der Waals surface area contributed by atoms with Gasteiger partial charge in [0.25, 0.3) is 5.91 Å². The maximum atomic E-state index is 13.2. The van der Waals surface area contributed by atoms with E-state index in [9.17, 15) is 26.4 Å². The van der Waals surface area contributed by atoms with Crippen LogP contribution in [-0.2, 0) is 10.0 Å². The van der Waals surface area contributed by atoms with E-state index in [1.807, 2.05) is 0 Å². The van der Waals surface area contributed by atoms with Crippen LogP contribution in [-0.4, -0.2) is 21.0 Å². The molecule has 2 aromatic carbocycles. The number of fused-ring (bicyclic) bond motifs is 1. The van der Waals surface area contributed by atoms with Gasteiger partial charge in [0.1, 0.15) is 4.90 Å². The number of anilines is 2. The highest BCUT2D eigenvalue weighted by molar-refractivity contribution is 7.89. The van der Waals surface area contributed by atoms with Crippen LogP contribution < -0.4 is 15.4 Å². The van der Waals surface area contributed by atoms with Gasteiger partial charge >= 0.3 is 0 Å². The summed E-state index contributed by atoms with van der Waals surface area (Å²) in [5.41, 5.74) is 0.546. The van der Waals surface area contributed by atoms with Crippen LogP contribution >= 0.6 is 0 Å². The molecule has 0 fully saturated rings. The van der Waals surface area contributed by atoms with E-state index in [1.54, 1.807) is 6.92 Å². The van der Waals surface area contributed by atoms with Crippen molar-refractivity contribution in [1.29, 1.82) is 0 Å². The molecule has 1 heterocycles. The van der Waals surface area contributed by atoms with E-state index < -0.39 is 33.4 Å². The van der Waals surface area contributed by atoms with Crippen LogP contribution in [0.3, 0.4) is 0 Å². The maximum Gasteiger partial charge on any atom is 0.255 e. The van der Waals surface area contributed by atoms with Gasteiger partial charge in [-0.2, -0.15) is 4.72 Å². The van der Waals surface area contributed by atoms with Crippen LogP contribution in [0.2, 0.25) is 0 Å². The van der Waals surface area contributed by atoms with E-state index in [2.05, 4.69) is 15.4 Å². The Morgan fingerprint density at radius 3 is 2.40 bits per heavy atom. The van der Waals surface area contributed by atoms with E-state index in [4.69, 9.17) is 0 Å². The van der Waals surface area contributed by atoms with Crippen LogP contribution in [0.4, 0.5) is 24.5 Å². The SMILES string of the molecule is Cc1cc(C(=O)Nc2cc(F)c(F)c(F)c2)cc2c1NCNS2(=O)=O. The van der Waals surface area contributed by atoms with Gasteiger partial charge in [0.2, 0.25) is 10.0 Å². The zero-order valence-corrected chi connectivity index (χ0v) is 13.6. The number of amides is 1. The molecule has 0 saturated heterocycles. The molecule has 0 radical (unpaired) electrons. The van der Waals surface area contributed by atoms with Gasteiger partial charge in [0.05, 0.1) is 12.4 Å². The van der Waals surface area contributed by atoms with Gasteiger partial charge in [-0.05, 0) is 24.6 Å². The molecular weight excluding hydrogens is 359 g/mol. The lowest BCUT2D eigenvalue weighted by molar-refractivity contribution is 0.102. The molecule has 132 valence electrons. The van der Waals surface area contributed by atoms with Crippen molar-refractivity contribution in [2.45, 2.75) is 11.8 Å². The molecule has 0 saturated carbocycles. The van der Waals surface area contributed by atoms with E-state index in [0.717, 1.165) is 6.07 Å². The summed E-state index contributed by atoms with van der Waals surface area (Å²) in [4.78, 5) is 12.2. The zero-order chi connectivity index (χ0) is 18.4. The van der Waals surface area contributed by atoms with Crippen LogP contribution in [0.25, 0.3) is 0 Å². The molecule has 0 aliphatic carbocycles. The molecule has 0 unspecified atom stereocenters. The molecule has 2 aromatic rings. The standard InChI is InChI=1S/C15H12F3N3O3S/c1-7-2-8(3-12-14(7)19-6-20-25(12,23)24)15(22)21-9-4-10(16)13(18)11(17)5-9/h2-5,19-20H,6H2,1H3,(H,21,22). The molecule has 0 atom stereocenters. The Balaban J connectivity index is 1.97. The fraction of sp³-hybridized carbons (Fsp3) is 0.133. The smallest absolute Gasteiger partial charge is 0.255 e. The average molecular weight is 371 g/mol. The lowest BCUT2D eigenvalue weighted by Crippen LogP contribution is -2.35. The number of halogens is 3. The largest absolute Gasteiger partial charge is 0.370 e. The molecule has 1 aliphatic rings. The second-order valence-corrected chi connectivity index (χ2v) is 7.11. The Hall–Kier alpha value is -2.59. The van der Waals surface area contributed by atoms with Crippen molar-refractivity contribution < 1.29 is 26.4 Å². The van der Waals surface area contributed by atoms with Crippen LogP contribution in [0.15, 0.2) is 29.2 Å². The minimum atomic E-state index is -3.77. The lowest BCUT2D eigenvalue weighted by Gasteiger charge is -2.22. The second-order valence-electron chi connectivity index (χ2n) is 5.38. The first-order valence-corrected chi connectivity index (χ1v) is 8.51. The molecule has 10 heteroatoms. The molecular formula is C15H12F3N3O3S. The number of hydrogen-bond acceptors (Lipinski definition) is 4. The molecule has 0 spiro atoms. The summed E-state index contributed by atoms with van der Waals surface area (Å²) in [5, 5.41) is 5.07. The Labute approximate surface area is 141 Å². The summed E-state index contributed by atoms with van der Waals surface area (Å²) < 4.78 is 65.8. The minimum absolute atomic E-state index is 0.0237. The minimum Gasteiger partial charge on any atom is -0.370 e. The van der Waals surface area contributed by atoms with E-state index in [1.165, 1.54) is 6.07 Å². The number of hydrogen-bond donors (Lipinski definition) is 3. The Kier molecular flexibility index (Phi) is 4.17. The number of benzene rings is 2. The summed E-state index contributed by atoms with van der Waals surface area (Å²) in [5.74, 6) is -5.34. The van der Waals surface area contributed by atoms with Gasteiger partial charge < -0.3 is 10.6 Å². The monoisotopic (exact) mass is 371 g/mol. The first kappa shape index (κ1) is 17.2. The van der Waals surface area contributed by atoms with Gasteiger partial charge in [0, 0.05) is 23.4 Å². The maximum absolute atomic E-state index is 13.2. The fourth-order valence-electron chi connectivity index (χ4n) is 2.45. The molecule has 0 bridgehead atoms. The number of carbonyl (C=O) groups is 1. The summed E-state index contributed by atoms with van der Waals surface area (Å²) in [7, 11) is -3.77. The van der Waals surface area contributed by atoms with Crippen molar-refractivity contribution in [3.05, 3.63) is 52.8 Å². The summed E-state index contributed by atoms with van der Waals surface area (Å²) in [6, 6.07) is 3.82. The molecule has 1 aliphatic heterocycles. The number of rotatable bonds is 2. The predicted octanol–water partition coefficient (Wildman–Crippen LogP) is 2.33.